The summed E-state index contributed by atoms with van der Waals surface area (Å²) in [6, 6.07) is 11.4. The van der Waals surface area contributed by atoms with E-state index in [0.717, 1.165) is 29.7 Å². The van der Waals surface area contributed by atoms with Gasteiger partial charge in [-0.1, -0.05) is 12.1 Å². The number of carbonyl (C=O) groups is 1. The molecule has 1 amide bonds. The average molecular weight is 345 g/mol. The average Bonchev–Trinajstić information content (AvgIpc) is 3.13. The number of nitrogens with zero attached hydrogens (tertiary/aromatic N) is 4. The number of piperidine rings is 1. The first-order valence-electron chi connectivity index (χ1n) is 8.76. The van der Waals surface area contributed by atoms with Crippen molar-refractivity contribution in [1.29, 1.82) is 5.26 Å². The summed E-state index contributed by atoms with van der Waals surface area (Å²) in [5.74, 6) is 1.33. The number of para-hydroxylation sites is 1. The first kappa shape index (κ1) is 16.3. The van der Waals surface area contributed by atoms with Crippen molar-refractivity contribution in [1.82, 2.24) is 19.9 Å². The maximum absolute atomic E-state index is 12.6. The third-order valence-corrected chi connectivity index (χ3v) is 5.03. The van der Waals surface area contributed by atoms with E-state index >= 15 is 0 Å². The van der Waals surface area contributed by atoms with E-state index in [1.54, 1.807) is 12.1 Å². The second-order valence-corrected chi connectivity index (χ2v) is 6.70. The van der Waals surface area contributed by atoms with Gasteiger partial charge in [0.25, 0.3) is 5.91 Å². The fourth-order valence-electron chi connectivity index (χ4n) is 3.51. The molecule has 4 rings (SSSR count). The van der Waals surface area contributed by atoms with E-state index in [1.165, 1.54) is 11.8 Å². The molecule has 1 aliphatic rings. The van der Waals surface area contributed by atoms with Crippen molar-refractivity contribution < 1.29 is 4.79 Å². The third kappa shape index (κ3) is 2.93. The van der Waals surface area contributed by atoms with Crippen LogP contribution in [0, 0.1) is 18.3 Å². The first-order valence-corrected chi connectivity index (χ1v) is 8.76. The first-order chi connectivity index (χ1) is 12.7. The highest BCUT2D eigenvalue weighted by atomic mass is 16.2. The van der Waals surface area contributed by atoms with Crippen LogP contribution in [0.15, 0.2) is 36.5 Å². The van der Waals surface area contributed by atoms with E-state index in [4.69, 9.17) is 10.2 Å². The normalized spacial score (nSPS) is 15.2. The molecule has 1 fully saturated rings. The molecule has 3 aromatic rings. The van der Waals surface area contributed by atoms with Crippen LogP contribution in [0.5, 0.6) is 0 Å². The number of benzene rings is 1. The highest BCUT2D eigenvalue weighted by Gasteiger charge is 2.26. The molecule has 1 aromatic carbocycles. The van der Waals surface area contributed by atoms with Crippen molar-refractivity contribution in [3.8, 4) is 6.07 Å². The molecule has 3 heterocycles. The van der Waals surface area contributed by atoms with Crippen molar-refractivity contribution in [2.45, 2.75) is 25.7 Å². The van der Waals surface area contributed by atoms with E-state index in [1.807, 2.05) is 17.0 Å². The Morgan fingerprint density at radius 3 is 2.73 bits per heavy atom. The van der Waals surface area contributed by atoms with Crippen molar-refractivity contribution >= 4 is 16.9 Å². The van der Waals surface area contributed by atoms with Gasteiger partial charge in [0.2, 0.25) is 0 Å². The Bertz CT molecular complexity index is 991. The molecule has 0 radical (unpaired) electrons. The van der Waals surface area contributed by atoms with Crippen LogP contribution in [-0.4, -0.2) is 38.8 Å². The largest absolute Gasteiger partial charge is 0.342 e. The Morgan fingerprint density at radius 1 is 1.27 bits per heavy atom. The van der Waals surface area contributed by atoms with Crippen molar-refractivity contribution in [3.63, 3.8) is 0 Å². The predicted molar refractivity (Wildman–Crippen MR) is 97.7 cm³/mol. The zero-order chi connectivity index (χ0) is 18.1. The molecule has 0 saturated carbocycles. The monoisotopic (exact) mass is 345 g/mol. The van der Waals surface area contributed by atoms with Gasteiger partial charge < -0.3 is 9.88 Å². The summed E-state index contributed by atoms with van der Waals surface area (Å²) in [5, 5.41) is 8.81. The molecular formula is C20H19N5O. The minimum atomic E-state index is -0.0270. The lowest BCUT2D eigenvalue weighted by Crippen LogP contribution is -2.38. The molecule has 1 saturated heterocycles. The van der Waals surface area contributed by atoms with E-state index < -0.39 is 0 Å². The molecule has 0 aliphatic carbocycles. The number of hydrogen-bond acceptors (Lipinski definition) is 4. The van der Waals surface area contributed by atoms with Gasteiger partial charge in [-0.2, -0.15) is 5.26 Å². The van der Waals surface area contributed by atoms with Crippen molar-refractivity contribution in [2.24, 2.45) is 0 Å². The lowest BCUT2D eigenvalue weighted by atomic mass is 9.95. The summed E-state index contributed by atoms with van der Waals surface area (Å²) in [7, 11) is 0. The fourth-order valence-corrected chi connectivity index (χ4v) is 3.51. The number of carbonyl (C=O) groups excluding carboxylic acids is 1. The summed E-state index contributed by atoms with van der Waals surface area (Å²) >= 11 is 0. The van der Waals surface area contributed by atoms with Gasteiger partial charge in [0.05, 0.1) is 16.6 Å². The number of pyridine rings is 1. The molecule has 0 bridgehead atoms. The van der Waals surface area contributed by atoms with Crippen molar-refractivity contribution in [3.05, 3.63) is 59.2 Å². The Labute approximate surface area is 151 Å². The SMILES string of the molecule is Cc1cccc2[nH]c(C3CCN(C(=O)c4ccc(C#N)nc4)CC3)nc12. The molecule has 1 N–H and O–H groups in total. The summed E-state index contributed by atoms with van der Waals surface area (Å²) in [4.78, 5) is 26.7. The van der Waals surface area contributed by atoms with E-state index in [9.17, 15) is 4.79 Å². The van der Waals surface area contributed by atoms with Crippen molar-refractivity contribution in [2.75, 3.05) is 13.1 Å². The van der Waals surface area contributed by atoms with Gasteiger partial charge in [-0.3, -0.25) is 4.79 Å². The number of nitriles is 1. The van der Waals surface area contributed by atoms with Gasteiger partial charge in [-0.05, 0) is 43.5 Å². The number of imidazole rings is 1. The summed E-state index contributed by atoms with van der Waals surface area (Å²) in [5.41, 5.74) is 4.13. The predicted octanol–water partition coefficient (Wildman–Crippen LogP) is 3.16. The molecule has 130 valence electrons. The second kappa shape index (κ2) is 6.60. The Balaban J connectivity index is 1.45. The molecular weight excluding hydrogens is 326 g/mol. The molecule has 0 unspecified atom stereocenters. The number of aromatic nitrogens is 3. The number of fused-ring (bicyclic) bond motifs is 1. The van der Waals surface area contributed by atoms with E-state index in [-0.39, 0.29) is 5.91 Å². The minimum Gasteiger partial charge on any atom is -0.342 e. The van der Waals surface area contributed by atoms with Gasteiger partial charge in [0.15, 0.2) is 0 Å². The van der Waals surface area contributed by atoms with Crippen LogP contribution in [0.2, 0.25) is 0 Å². The smallest absolute Gasteiger partial charge is 0.255 e. The summed E-state index contributed by atoms with van der Waals surface area (Å²) < 4.78 is 0. The Kier molecular flexibility index (Phi) is 4.13. The highest BCUT2D eigenvalue weighted by Crippen LogP contribution is 2.29. The molecule has 0 atom stereocenters. The van der Waals surface area contributed by atoms with Crippen LogP contribution in [-0.2, 0) is 0 Å². The quantitative estimate of drug-likeness (QED) is 0.773. The topological polar surface area (TPSA) is 85.7 Å². The number of likely N-dealkylation sites (tertiary alicyclic amines) is 1. The molecule has 0 spiro atoms. The van der Waals surface area contributed by atoms with Gasteiger partial charge in [-0.25, -0.2) is 9.97 Å². The minimum absolute atomic E-state index is 0.0270. The van der Waals surface area contributed by atoms with Crippen LogP contribution in [0.1, 0.15) is 46.2 Å². The zero-order valence-electron chi connectivity index (χ0n) is 14.6. The van der Waals surface area contributed by atoms with Gasteiger partial charge in [0.1, 0.15) is 17.6 Å². The van der Waals surface area contributed by atoms with E-state index in [2.05, 4.69) is 29.0 Å². The summed E-state index contributed by atoms with van der Waals surface area (Å²) in [6.07, 6.45) is 3.25. The van der Waals surface area contributed by atoms with Gasteiger partial charge in [-0.15, -0.1) is 0 Å². The maximum atomic E-state index is 12.6. The van der Waals surface area contributed by atoms with Crippen LogP contribution >= 0.6 is 0 Å². The zero-order valence-corrected chi connectivity index (χ0v) is 14.6. The second-order valence-electron chi connectivity index (χ2n) is 6.70. The van der Waals surface area contributed by atoms with Crippen LogP contribution in [0.4, 0.5) is 0 Å². The maximum Gasteiger partial charge on any atom is 0.255 e. The Hall–Kier alpha value is -3.20. The number of amides is 1. The standard InChI is InChI=1S/C20H19N5O/c1-13-3-2-4-17-18(13)24-19(23-17)14-7-9-25(10-8-14)20(26)15-5-6-16(11-21)22-12-15/h2-6,12,14H,7-10H2,1H3,(H,23,24). The summed E-state index contributed by atoms with van der Waals surface area (Å²) in [6.45, 7) is 3.46. The van der Waals surface area contributed by atoms with Gasteiger partial charge in [0, 0.05) is 25.2 Å². The lowest BCUT2D eigenvalue weighted by molar-refractivity contribution is 0.0711. The van der Waals surface area contributed by atoms with Crippen LogP contribution < -0.4 is 0 Å². The molecule has 6 heteroatoms. The van der Waals surface area contributed by atoms with Crippen LogP contribution in [0.25, 0.3) is 11.0 Å². The lowest BCUT2D eigenvalue weighted by Gasteiger charge is -2.31. The number of aromatic amines is 1. The third-order valence-electron chi connectivity index (χ3n) is 5.03. The van der Waals surface area contributed by atoms with E-state index in [0.29, 0.717) is 30.3 Å². The number of H-pyrrole nitrogens is 1. The number of hydrogen-bond donors (Lipinski definition) is 1. The molecule has 6 nitrogen and oxygen atoms in total. The van der Waals surface area contributed by atoms with Gasteiger partial charge >= 0.3 is 0 Å². The molecule has 26 heavy (non-hydrogen) atoms. The number of aryl methyl sites for hydroxylation is 1. The number of rotatable bonds is 2. The molecule has 1 aliphatic heterocycles. The van der Waals surface area contributed by atoms with Crippen LogP contribution in [0.3, 0.4) is 0 Å². The fraction of sp³-hybridized carbons (Fsp3) is 0.300. The highest BCUT2D eigenvalue weighted by molar-refractivity contribution is 5.94. The number of nitrogens with one attached hydrogen (secondary N) is 1. The Morgan fingerprint density at radius 2 is 2.08 bits per heavy atom. The molecule has 2 aromatic heterocycles.